The highest BCUT2D eigenvalue weighted by Crippen LogP contribution is 2.20. The number of benzene rings is 3. The molecule has 0 radical (unpaired) electrons. The van der Waals surface area contributed by atoms with Crippen LogP contribution in [-0.2, 0) is 0 Å². The number of nitro groups is 1. The lowest BCUT2D eigenvalue weighted by Crippen LogP contribution is -2.35. The minimum absolute atomic E-state index is 0.112. The molecular weight excluding hydrogens is 444 g/mol. The molecule has 0 aliphatic heterocycles. The number of hydrogen-bond donors (Lipinski definition) is 3. The van der Waals surface area contributed by atoms with E-state index in [1.54, 1.807) is 48.5 Å². The first kappa shape index (κ1) is 23.4. The van der Waals surface area contributed by atoms with Gasteiger partial charge in [-0.3, -0.25) is 25.0 Å². The first-order chi connectivity index (χ1) is 15.9. The van der Waals surface area contributed by atoms with Crippen LogP contribution in [0.4, 0.5) is 17.1 Å². The summed E-state index contributed by atoms with van der Waals surface area (Å²) in [6, 6.07) is 19.1. The van der Waals surface area contributed by atoms with Crippen molar-refractivity contribution in [2.45, 2.75) is 6.92 Å². The summed E-state index contributed by atoms with van der Waals surface area (Å²) in [6.45, 7) is 2.42. The average molecular weight is 465 g/mol. The van der Waals surface area contributed by atoms with Gasteiger partial charge in [0.2, 0.25) is 0 Å². The van der Waals surface area contributed by atoms with Crippen molar-refractivity contribution in [1.29, 1.82) is 0 Å². The van der Waals surface area contributed by atoms with Crippen LogP contribution in [0.25, 0.3) is 0 Å². The number of nitrogens with zero attached hydrogens (tertiary/aromatic N) is 1. The van der Waals surface area contributed by atoms with Gasteiger partial charge in [0.25, 0.3) is 17.5 Å². The fraction of sp³-hybridized carbons (Fsp3) is 0.0870. The Morgan fingerprint density at radius 1 is 0.909 bits per heavy atom. The molecule has 0 aliphatic rings. The fourth-order valence-electron chi connectivity index (χ4n) is 2.94. The fourth-order valence-corrected chi connectivity index (χ4v) is 3.14. The molecule has 3 N–H and O–H groups in total. The Balaban J connectivity index is 1.70. The summed E-state index contributed by atoms with van der Waals surface area (Å²) in [6.07, 6.45) is 0. The van der Waals surface area contributed by atoms with E-state index < -0.39 is 16.7 Å². The van der Waals surface area contributed by atoms with Gasteiger partial charge in [0, 0.05) is 11.8 Å². The van der Waals surface area contributed by atoms with Gasteiger partial charge < -0.3 is 15.4 Å². The Kier molecular flexibility index (Phi) is 7.66. The molecule has 0 saturated carbocycles. The first-order valence-electron chi connectivity index (χ1n) is 9.88. The lowest BCUT2D eigenvalue weighted by Gasteiger charge is -2.14. The maximum atomic E-state index is 12.8. The molecule has 2 amide bonds. The number of amides is 2. The lowest BCUT2D eigenvalue weighted by atomic mass is 10.1. The van der Waals surface area contributed by atoms with Crippen LogP contribution in [0.3, 0.4) is 0 Å². The normalized spacial score (nSPS) is 10.1. The number of hydrogen-bond acceptors (Lipinski definition) is 6. The third-order valence-corrected chi connectivity index (χ3v) is 4.62. The second kappa shape index (κ2) is 10.8. The monoisotopic (exact) mass is 464 g/mol. The van der Waals surface area contributed by atoms with Crippen molar-refractivity contribution in [2.24, 2.45) is 0 Å². The van der Waals surface area contributed by atoms with Crippen molar-refractivity contribution < 1.29 is 19.2 Å². The van der Waals surface area contributed by atoms with E-state index in [2.05, 4.69) is 16.0 Å². The van der Waals surface area contributed by atoms with E-state index in [0.717, 1.165) is 0 Å². The molecule has 3 aromatic carbocycles. The molecule has 0 saturated heterocycles. The number of para-hydroxylation sites is 2. The van der Waals surface area contributed by atoms with Gasteiger partial charge in [-0.05, 0) is 61.6 Å². The molecule has 10 heteroatoms. The highest BCUT2D eigenvalue weighted by Gasteiger charge is 2.20. The quantitative estimate of drug-likeness (QED) is 0.269. The molecule has 3 aromatic rings. The number of carbonyl (C=O) groups excluding carboxylic acids is 2. The van der Waals surface area contributed by atoms with Crippen molar-refractivity contribution in [3.63, 3.8) is 0 Å². The molecule has 0 aliphatic carbocycles. The molecular formula is C23H20N4O5S. The summed E-state index contributed by atoms with van der Waals surface area (Å²) in [4.78, 5) is 35.8. The van der Waals surface area contributed by atoms with Gasteiger partial charge >= 0.3 is 0 Å². The van der Waals surface area contributed by atoms with Crippen LogP contribution >= 0.6 is 12.2 Å². The average Bonchev–Trinajstić information content (AvgIpc) is 2.80. The Morgan fingerprint density at radius 2 is 1.55 bits per heavy atom. The number of anilines is 2. The number of carbonyl (C=O) groups is 2. The summed E-state index contributed by atoms with van der Waals surface area (Å²) in [7, 11) is 0. The van der Waals surface area contributed by atoms with Crippen molar-refractivity contribution >= 4 is 46.2 Å². The van der Waals surface area contributed by atoms with Crippen LogP contribution in [0.1, 0.15) is 27.6 Å². The molecule has 168 valence electrons. The second-order valence-corrected chi connectivity index (χ2v) is 7.05. The van der Waals surface area contributed by atoms with E-state index in [4.69, 9.17) is 17.0 Å². The third kappa shape index (κ3) is 6.11. The Hall–Kier alpha value is -4.31. The van der Waals surface area contributed by atoms with Gasteiger partial charge in [-0.25, -0.2) is 0 Å². The van der Waals surface area contributed by atoms with Crippen molar-refractivity contribution in [3.8, 4) is 5.75 Å². The van der Waals surface area contributed by atoms with Crippen LogP contribution in [0.5, 0.6) is 5.75 Å². The Morgan fingerprint density at radius 3 is 2.21 bits per heavy atom. The van der Waals surface area contributed by atoms with Crippen molar-refractivity contribution in [3.05, 3.63) is 94.0 Å². The molecule has 9 nitrogen and oxygen atoms in total. The molecule has 33 heavy (non-hydrogen) atoms. The molecule has 0 bridgehead atoms. The van der Waals surface area contributed by atoms with E-state index in [-0.39, 0.29) is 21.9 Å². The van der Waals surface area contributed by atoms with Gasteiger partial charge in [-0.2, -0.15) is 0 Å². The third-order valence-electron chi connectivity index (χ3n) is 4.42. The van der Waals surface area contributed by atoms with Crippen molar-refractivity contribution in [1.82, 2.24) is 5.32 Å². The zero-order valence-electron chi connectivity index (χ0n) is 17.5. The maximum Gasteiger partial charge on any atom is 0.282 e. The van der Waals surface area contributed by atoms with Crippen LogP contribution in [-0.4, -0.2) is 28.5 Å². The predicted octanol–water partition coefficient (Wildman–Crippen LogP) is 4.37. The summed E-state index contributed by atoms with van der Waals surface area (Å²) < 4.78 is 5.39. The Labute approximate surface area is 194 Å². The van der Waals surface area contributed by atoms with Gasteiger partial charge in [0.1, 0.15) is 11.3 Å². The number of nitro benzene ring substituents is 1. The second-order valence-electron chi connectivity index (χ2n) is 6.64. The zero-order valence-corrected chi connectivity index (χ0v) is 18.3. The molecule has 0 heterocycles. The number of thiocarbonyl (C=S) groups is 1. The minimum Gasteiger partial charge on any atom is -0.494 e. The molecule has 3 rings (SSSR count). The molecule has 0 spiro atoms. The summed E-state index contributed by atoms with van der Waals surface area (Å²) >= 11 is 5.18. The largest absolute Gasteiger partial charge is 0.494 e. The van der Waals surface area contributed by atoms with E-state index >= 15 is 0 Å². The van der Waals surface area contributed by atoms with Gasteiger partial charge in [0.05, 0.1) is 22.8 Å². The predicted molar refractivity (Wildman–Crippen MR) is 129 cm³/mol. The van der Waals surface area contributed by atoms with E-state index in [0.29, 0.717) is 23.7 Å². The Bertz CT molecular complexity index is 1200. The number of nitrogens with one attached hydrogen (secondary N) is 3. The number of rotatable bonds is 7. The number of ether oxygens (including phenoxy) is 1. The van der Waals surface area contributed by atoms with Crippen LogP contribution in [0.2, 0.25) is 0 Å². The topological polar surface area (TPSA) is 123 Å². The first-order valence-corrected chi connectivity index (χ1v) is 10.3. The molecule has 0 fully saturated rings. The van der Waals surface area contributed by atoms with E-state index in [9.17, 15) is 19.7 Å². The van der Waals surface area contributed by atoms with E-state index in [1.165, 1.54) is 24.3 Å². The van der Waals surface area contributed by atoms with Crippen molar-refractivity contribution in [2.75, 3.05) is 17.2 Å². The molecule has 0 atom stereocenters. The highest BCUT2D eigenvalue weighted by atomic mass is 32.1. The zero-order chi connectivity index (χ0) is 23.8. The highest BCUT2D eigenvalue weighted by molar-refractivity contribution is 7.80. The molecule has 0 unspecified atom stereocenters. The maximum absolute atomic E-state index is 12.8. The minimum atomic E-state index is -0.740. The van der Waals surface area contributed by atoms with Gasteiger partial charge in [-0.1, -0.05) is 24.3 Å². The SMILES string of the molecule is CCOc1ccc(NC(=O)c2ccccc2NC(=S)NC(=O)c2ccccc2[N+](=O)[O-])cc1. The standard InChI is InChI=1S/C23H20N4O5S/c1-2-32-16-13-11-15(12-14-16)24-21(28)17-7-3-5-9-19(17)25-23(33)26-22(29)18-8-4-6-10-20(18)27(30)31/h3-14H,2H2,1H3,(H,24,28)(H2,25,26,29,33). The lowest BCUT2D eigenvalue weighted by molar-refractivity contribution is -0.385. The summed E-state index contributed by atoms with van der Waals surface area (Å²) in [5.74, 6) is -0.441. The van der Waals surface area contributed by atoms with Crippen LogP contribution in [0.15, 0.2) is 72.8 Å². The van der Waals surface area contributed by atoms with Crippen LogP contribution in [0, 0.1) is 10.1 Å². The summed E-state index contributed by atoms with van der Waals surface area (Å²) in [5, 5.41) is 19.0. The van der Waals surface area contributed by atoms with Gasteiger partial charge in [0.15, 0.2) is 5.11 Å². The molecule has 0 aromatic heterocycles. The van der Waals surface area contributed by atoms with Crippen LogP contribution < -0.4 is 20.7 Å². The van der Waals surface area contributed by atoms with Gasteiger partial charge in [-0.15, -0.1) is 0 Å². The van der Waals surface area contributed by atoms with E-state index in [1.807, 2.05) is 6.92 Å². The smallest absolute Gasteiger partial charge is 0.282 e. The summed E-state index contributed by atoms with van der Waals surface area (Å²) in [5.41, 5.74) is 0.745.